The molecular weight excluding hydrogens is 260 g/mol. The lowest BCUT2D eigenvalue weighted by Gasteiger charge is -2.06. The van der Waals surface area contributed by atoms with Crippen molar-refractivity contribution in [3.8, 4) is 5.75 Å². The lowest BCUT2D eigenvalue weighted by molar-refractivity contribution is -0.123. The molecule has 0 aliphatic carbocycles. The van der Waals surface area contributed by atoms with E-state index in [9.17, 15) is 4.79 Å². The Balaban J connectivity index is 1.74. The van der Waals surface area contributed by atoms with Crippen molar-refractivity contribution in [1.29, 1.82) is 0 Å². The van der Waals surface area contributed by atoms with Crippen LogP contribution in [0.2, 0.25) is 0 Å². The van der Waals surface area contributed by atoms with Gasteiger partial charge in [-0.05, 0) is 26.0 Å². The van der Waals surface area contributed by atoms with Crippen LogP contribution in [0, 0.1) is 13.8 Å². The van der Waals surface area contributed by atoms with Crippen molar-refractivity contribution in [2.75, 3.05) is 6.61 Å². The highest BCUT2D eigenvalue weighted by atomic mass is 32.1. The minimum atomic E-state index is -0.145. The smallest absolute Gasteiger partial charge is 0.258 e. The third kappa shape index (κ3) is 4.37. The summed E-state index contributed by atoms with van der Waals surface area (Å²) in [6, 6.07) is 7.61. The Morgan fingerprint density at radius 3 is 2.68 bits per heavy atom. The summed E-state index contributed by atoms with van der Waals surface area (Å²) in [4.78, 5) is 16.9. The van der Waals surface area contributed by atoms with E-state index in [0.717, 1.165) is 15.4 Å². The molecule has 1 heterocycles. The molecule has 0 atom stereocenters. The number of aryl methyl sites for hydroxylation is 2. The van der Waals surface area contributed by atoms with Gasteiger partial charge in [0, 0.05) is 11.1 Å². The summed E-state index contributed by atoms with van der Waals surface area (Å²) < 4.78 is 5.39. The average molecular weight is 276 g/mol. The largest absolute Gasteiger partial charge is 0.484 e. The second-order valence-corrected chi connectivity index (χ2v) is 5.56. The molecule has 2 aromatic rings. The molecule has 0 saturated heterocycles. The molecular formula is C14H16N2O2S. The summed E-state index contributed by atoms with van der Waals surface area (Å²) in [5.74, 6) is 0.555. The van der Waals surface area contributed by atoms with E-state index in [-0.39, 0.29) is 12.5 Å². The van der Waals surface area contributed by atoms with Crippen molar-refractivity contribution in [2.45, 2.75) is 20.4 Å². The Morgan fingerprint density at radius 2 is 2.05 bits per heavy atom. The number of carbonyl (C=O) groups is 1. The highest BCUT2D eigenvalue weighted by molar-refractivity contribution is 7.11. The van der Waals surface area contributed by atoms with Gasteiger partial charge in [0.05, 0.1) is 6.54 Å². The SMILES string of the molecule is Cc1ccc(OCC(=O)NCc2ncc(C)s2)cc1. The van der Waals surface area contributed by atoms with E-state index in [2.05, 4.69) is 10.3 Å². The average Bonchev–Trinajstić information content (AvgIpc) is 2.81. The first-order chi connectivity index (χ1) is 9.13. The van der Waals surface area contributed by atoms with Gasteiger partial charge in [0.1, 0.15) is 10.8 Å². The molecule has 0 fully saturated rings. The maximum Gasteiger partial charge on any atom is 0.258 e. The fourth-order valence-corrected chi connectivity index (χ4v) is 2.22. The Labute approximate surface area is 116 Å². The van der Waals surface area contributed by atoms with Gasteiger partial charge in [-0.15, -0.1) is 11.3 Å². The molecule has 2 rings (SSSR count). The molecule has 0 aliphatic heterocycles. The van der Waals surface area contributed by atoms with Crippen LogP contribution in [0.5, 0.6) is 5.75 Å². The molecule has 4 nitrogen and oxygen atoms in total. The quantitative estimate of drug-likeness (QED) is 0.912. The Hall–Kier alpha value is -1.88. The maximum atomic E-state index is 11.6. The molecule has 0 unspecified atom stereocenters. The number of nitrogens with one attached hydrogen (secondary N) is 1. The summed E-state index contributed by atoms with van der Waals surface area (Å²) >= 11 is 1.58. The molecule has 0 radical (unpaired) electrons. The topological polar surface area (TPSA) is 51.2 Å². The zero-order valence-electron chi connectivity index (χ0n) is 11.0. The standard InChI is InChI=1S/C14H16N2O2S/c1-10-3-5-12(6-4-10)18-9-13(17)15-8-14-16-7-11(2)19-14/h3-7H,8-9H2,1-2H3,(H,15,17). The van der Waals surface area contributed by atoms with Crippen LogP contribution >= 0.6 is 11.3 Å². The van der Waals surface area contributed by atoms with Crippen LogP contribution in [0.25, 0.3) is 0 Å². The molecule has 100 valence electrons. The molecule has 0 bridgehead atoms. The molecule has 19 heavy (non-hydrogen) atoms. The predicted molar refractivity (Wildman–Crippen MR) is 75.4 cm³/mol. The van der Waals surface area contributed by atoms with Crippen LogP contribution in [-0.4, -0.2) is 17.5 Å². The van der Waals surface area contributed by atoms with E-state index in [4.69, 9.17) is 4.74 Å². The number of ether oxygens (including phenoxy) is 1. The van der Waals surface area contributed by atoms with Gasteiger partial charge in [-0.1, -0.05) is 17.7 Å². The number of rotatable bonds is 5. The molecule has 1 amide bonds. The van der Waals surface area contributed by atoms with E-state index < -0.39 is 0 Å². The normalized spacial score (nSPS) is 10.2. The van der Waals surface area contributed by atoms with Crippen molar-refractivity contribution in [3.05, 3.63) is 45.9 Å². The van der Waals surface area contributed by atoms with Gasteiger partial charge in [-0.25, -0.2) is 4.98 Å². The highest BCUT2D eigenvalue weighted by Gasteiger charge is 2.04. The second kappa shape index (κ2) is 6.33. The van der Waals surface area contributed by atoms with Gasteiger partial charge in [0.15, 0.2) is 6.61 Å². The first-order valence-electron chi connectivity index (χ1n) is 6.01. The van der Waals surface area contributed by atoms with Crippen molar-refractivity contribution in [1.82, 2.24) is 10.3 Å². The first kappa shape index (κ1) is 13.5. The van der Waals surface area contributed by atoms with E-state index in [1.165, 1.54) is 0 Å². The fourth-order valence-electron chi connectivity index (χ4n) is 1.49. The molecule has 5 heteroatoms. The van der Waals surface area contributed by atoms with Crippen molar-refractivity contribution in [3.63, 3.8) is 0 Å². The molecule has 1 aromatic carbocycles. The predicted octanol–water partition coefficient (Wildman–Crippen LogP) is 2.46. The van der Waals surface area contributed by atoms with E-state index in [0.29, 0.717) is 12.3 Å². The minimum Gasteiger partial charge on any atom is -0.484 e. The minimum absolute atomic E-state index is 0.0212. The lowest BCUT2D eigenvalue weighted by atomic mass is 10.2. The monoisotopic (exact) mass is 276 g/mol. The summed E-state index contributed by atoms with van der Waals surface area (Å²) in [6.07, 6.45) is 1.80. The van der Waals surface area contributed by atoms with Crippen molar-refractivity contribution in [2.24, 2.45) is 0 Å². The van der Waals surface area contributed by atoms with Gasteiger partial charge < -0.3 is 10.1 Å². The molecule has 0 aliphatic rings. The van der Waals surface area contributed by atoms with Gasteiger partial charge in [-0.2, -0.15) is 0 Å². The van der Waals surface area contributed by atoms with Gasteiger partial charge in [0.25, 0.3) is 5.91 Å². The number of benzene rings is 1. The zero-order chi connectivity index (χ0) is 13.7. The van der Waals surface area contributed by atoms with E-state index >= 15 is 0 Å². The molecule has 0 saturated carbocycles. The number of hydrogen-bond acceptors (Lipinski definition) is 4. The third-order valence-corrected chi connectivity index (χ3v) is 3.41. The van der Waals surface area contributed by atoms with E-state index in [1.807, 2.05) is 38.1 Å². The number of aromatic nitrogens is 1. The lowest BCUT2D eigenvalue weighted by Crippen LogP contribution is -2.28. The summed E-state index contributed by atoms with van der Waals surface area (Å²) in [5, 5.41) is 3.68. The number of carbonyl (C=O) groups excluding carboxylic acids is 1. The summed E-state index contributed by atoms with van der Waals surface area (Å²) in [5.41, 5.74) is 1.16. The highest BCUT2D eigenvalue weighted by Crippen LogP contribution is 2.12. The third-order valence-electron chi connectivity index (χ3n) is 2.50. The van der Waals surface area contributed by atoms with Crippen LogP contribution in [0.15, 0.2) is 30.5 Å². The Morgan fingerprint density at radius 1 is 1.32 bits per heavy atom. The molecule has 0 spiro atoms. The van der Waals surface area contributed by atoms with Gasteiger partial charge >= 0.3 is 0 Å². The zero-order valence-corrected chi connectivity index (χ0v) is 11.8. The van der Waals surface area contributed by atoms with Crippen LogP contribution < -0.4 is 10.1 Å². The molecule has 1 N–H and O–H groups in total. The van der Waals surface area contributed by atoms with E-state index in [1.54, 1.807) is 17.5 Å². The summed E-state index contributed by atoms with van der Waals surface area (Å²) in [7, 11) is 0. The van der Waals surface area contributed by atoms with Crippen LogP contribution in [0.4, 0.5) is 0 Å². The first-order valence-corrected chi connectivity index (χ1v) is 6.82. The maximum absolute atomic E-state index is 11.6. The second-order valence-electron chi connectivity index (χ2n) is 4.24. The number of hydrogen-bond donors (Lipinski definition) is 1. The Kier molecular flexibility index (Phi) is 4.52. The van der Waals surface area contributed by atoms with Gasteiger partial charge in [0.2, 0.25) is 0 Å². The molecule has 1 aromatic heterocycles. The van der Waals surface area contributed by atoms with Crippen LogP contribution in [-0.2, 0) is 11.3 Å². The number of nitrogens with zero attached hydrogens (tertiary/aromatic N) is 1. The number of amides is 1. The Bertz CT molecular complexity index is 549. The fraction of sp³-hybridized carbons (Fsp3) is 0.286. The van der Waals surface area contributed by atoms with Crippen LogP contribution in [0.1, 0.15) is 15.4 Å². The van der Waals surface area contributed by atoms with Crippen LogP contribution in [0.3, 0.4) is 0 Å². The van der Waals surface area contributed by atoms with Crippen molar-refractivity contribution < 1.29 is 9.53 Å². The number of thiazole rings is 1. The van der Waals surface area contributed by atoms with Gasteiger partial charge in [-0.3, -0.25) is 4.79 Å². The van der Waals surface area contributed by atoms with Crippen molar-refractivity contribution >= 4 is 17.2 Å². The summed E-state index contributed by atoms with van der Waals surface area (Å²) in [6.45, 7) is 4.47.